The Kier molecular flexibility index (Phi) is 5.94. The van der Waals surface area contributed by atoms with Gasteiger partial charge in [0.25, 0.3) is 0 Å². The Bertz CT molecular complexity index is 583. The van der Waals surface area contributed by atoms with Gasteiger partial charge in [0.15, 0.2) is 0 Å². The van der Waals surface area contributed by atoms with Gasteiger partial charge in [-0.05, 0) is 57.9 Å². The minimum atomic E-state index is -0.548. The van der Waals surface area contributed by atoms with E-state index in [9.17, 15) is 9.59 Å². The Labute approximate surface area is 147 Å². The highest BCUT2D eigenvalue weighted by atomic mass is 35.5. The fourth-order valence-corrected chi connectivity index (χ4v) is 2.48. The largest absolute Gasteiger partial charge is 0.444 e. The summed E-state index contributed by atoms with van der Waals surface area (Å²) in [7, 11) is 0. The van der Waals surface area contributed by atoms with Crippen LogP contribution < -0.4 is 5.32 Å². The molecule has 2 amide bonds. The third-order valence-electron chi connectivity index (χ3n) is 3.39. The molecule has 1 atom stereocenters. The summed E-state index contributed by atoms with van der Waals surface area (Å²) >= 11 is 5.80. The molecule has 2 rings (SSSR count). The summed E-state index contributed by atoms with van der Waals surface area (Å²) in [5.74, 6) is 0. The molecule has 0 saturated carbocycles. The molecule has 1 aliphatic heterocycles. The molecule has 1 fully saturated rings. The molecule has 0 aromatic heterocycles. The first kappa shape index (κ1) is 18.4. The number of amides is 2. The number of nitrogens with zero attached hydrogens (tertiary/aromatic N) is 1. The molecule has 1 heterocycles. The van der Waals surface area contributed by atoms with Crippen LogP contribution in [0.5, 0.6) is 0 Å². The number of ether oxygens (including phenoxy) is 2. The summed E-state index contributed by atoms with van der Waals surface area (Å²) in [6.07, 6.45) is 0.201. The summed E-state index contributed by atoms with van der Waals surface area (Å²) in [6.45, 7) is 6.41. The Hall–Kier alpha value is -1.95. The second kappa shape index (κ2) is 7.75. The Morgan fingerprint density at radius 2 is 1.92 bits per heavy atom. The predicted octanol–water partition coefficient (Wildman–Crippen LogP) is 4.29. The van der Waals surface area contributed by atoms with E-state index in [1.165, 1.54) is 0 Å². The van der Waals surface area contributed by atoms with E-state index in [2.05, 4.69) is 5.32 Å². The monoisotopic (exact) mass is 354 g/mol. The molecule has 1 saturated heterocycles. The SMILES string of the molecule is CC(C)(C)OC(=O)N1CCCC(OC(=O)Nc2ccc(Cl)cc2)C1. The molecular weight excluding hydrogens is 332 g/mol. The van der Waals surface area contributed by atoms with E-state index in [-0.39, 0.29) is 12.2 Å². The number of benzene rings is 1. The molecule has 1 N–H and O–H groups in total. The smallest absolute Gasteiger partial charge is 0.411 e. The topological polar surface area (TPSA) is 67.9 Å². The molecule has 1 aliphatic rings. The minimum absolute atomic E-state index is 0.336. The van der Waals surface area contributed by atoms with Crippen molar-refractivity contribution in [1.29, 1.82) is 0 Å². The van der Waals surface area contributed by atoms with Gasteiger partial charge in [0.05, 0.1) is 6.54 Å². The van der Waals surface area contributed by atoms with Gasteiger partial charge in [0.2, 0.25) is 0 Å². The highest BCUT2D eigenvalue weighted by molar-refractivity contribution is 6.30. The van der Waals surface area contributed by atoms with Crippen LogP contribution in [-0.4, -0.2) is 41.9 Å². The summed E-state index contributed by atoms with van der Waals surface area (Å²) in [5.41, 5.74) is 0.0563. The number of carbonyl (C=O) groups excluding carboxylic acids is 2. The fraction of sp³-hybridized carbons (Fsp3) is 0.529. The van der Waals surface area contributed by atoms with Gasteiger partial charge in [-0.25, -0.2) is 9.59 Å². The van der Waals surface area contributed by atoms with Crippen molar-refractivity contribution in [3.8, 4) is 0 Å². The van der Waals surface area contributed by atoms with Crippen molar-refractivity contribution in [3.05, 3.63) is 29.3 Å². The first-order valence-electron chi connectivity index (χ1n) is 7.94. The van der Waals surface area contributed by atoms with E-state index >= 15 is 0 Å². The lowest BCUT2D eigenvalue weighted by Gasteiger charge is -2.33. The third-order valence-corrected chi connectivity index (χ3v) is 3.65. The van der Waals surface area contributed by atoms with E-state index in [1.54, 1.807) is 29.2 Å². The maximum atomic E-state index is 12.1. The van der Waals surface area contributed by atoms with Gasteiger partial charge in [-0.1, -0.05) is 11.6 Å². The van der Waals surface area contributed by atoms with Crippen molar-refractivity contribution >= 4 is 29.5 Å². The standard InChI is InChI=1S/C17H23ClN2O4/c1-17(2,3)24-16(22)20-10-4-5-14(11-20)23-15(21)19-13-8-6-12(18)7-9-13/h6-9,14H,4-5,10-11H2,1-3H3,(H,19,21). The normalized spacial score (nSPS) is 18.0. The average molecular weight is 355 g/mol. The van der Waals surface area contributed by atoms with Crippen LogP contribution >= 0.6 is 11.6 Å². The lowest BCUT2D eigenvalue weighted by Crippen LogP contribution is -2.46. The van der Waals surface area contributed by atoms with Crippen LogP contribution in [0.15, 0.2) is 24.3 Å². The van der Waals surface area contributed by atoms with Crippen LogP contribution in [0.1, 0.15) is 33.6 Å². The minimum Gasteiger partial charge on any atom is -0.444 e. The maximum Gasteiger partial charge on any atom is 0.411 e. The highest BCUT2D eigenvalue weighted by Gasteiger charge is 2.29. The van der Waals surface area contributed by atoms with Gasteiger partial charge in [-0.3, -0.25) is 5.32 Å². The summed E-state index contributed by atoms with van der Waals surface area (Å²) in [4.78, 5) is 25.7. The Balaban J connectivity index is 1.84. The number of piperidine rings is 1. The number of nitrogens with one attached hydrogen (secondary N) is 1. The van der Waals surface area contributed by atoms with E-state index in [0.717, 1.165) is 6.42 Å². The van der Waals surface area contributed by atoms with Gasteiger partial charge < -0.3 is 14.4 Å². The number of anilines is 1. The Morgan fingerprint density at radius 3 is 2.54 bits per heavy atom. The second-order valence-corrected chi connectivity index (χ2v) is 7.16. The van der Waals surface area contributed by atoms with Crippen molar-refractivity contribution in [1.82, 2.24) is 4.90 Å². The van der Waals surface area contributed by atoms with Gasteiger partial charge >= 0.3 is 12.2 Å². The number of hydrogen-bond donors (Lipinski definition) is 1. The molecule has 0 radical (unpaired) electrons. The first-order chi connectivity index (χ1) is 11.2. The first-order valence-corrected chi connectivity index (χ1v) is 8.32. The molecule has 1 aromatic rings. The molecule has 0 bridgehead atoms. The van der Waals surface area contributed by atoms with Crippen molar-refractivity contribution in [3.63, 3.8) is 0 Å². The van der Waals surface area contributed by atoms with E-state index in [4.69, 9.17) is 21.1 Å². The lowest BCUT2D eigenvalue weighted by atomic mass is 10.1. The van der Waals surface area contributed by atoms with E-state index in [0.29, 0.717) is 30.2 Å². The van der Waals surface area contributed by atoms with Gasteiger partial charge in [-0.2, -0.15) is 0 Å². The zero-order valence-corrected chi connectivity index (χ0v) is 14.9. The fourth-order valence-electron chi connectivity index (χ4n) is 2.36. The predicted molar refractivity (Wildman–Crippen MR) is 92.4 cm³/mol. The summed E-state index contributed by atoms with van der Waals surface area (Å²) < 4.78 is 10.8. The lowest BCUT2D eigenvalue weighted by molar-refractivity contribution is 0.000873. The van der Waals surface area contributed by atoms with Gasteiger partial charge in [0.1, 0.15) is 11.7 Å². The van der Waals surface area contributed by atoms with Crippen LogP contribution in [0.3, 0.4) is 0 Å². The summed E-state index contributed by atoms with van der Waals surface area (Å²) in [6, 6.07) is 6.75. The van der Waals surface area contributed by atoms with Crippen molar-refractivity contribution < 1.29 is 19.1 Å². The molecule has 24 heavy (non-hydrogen) atoms. The van der Waals surface area contributed by atoms with Crippen LogP contribution in [0, 0.1) is 0 Å². The molecule has 7 heteroatoms. The number of halogens is 1. The number of likely N-dealkylation sites (tertiary alicyclic amines) is 1. The third kappa shape index (κ3) is 5.92. The van der Waals surface area contributed by atoms with Crippen molar-refractivity contribution in [2.24, 2.45) is 0 Å². The molecule has 0 aliphatic carbocycles. The molecule has 1 aromatic carbocycles. The maximum absolute atomic E-state index is 12.1. The highest BCUT2D eigenvalue weighted by Crippen LogP contribution is 2.18. The van der Waals surface area contributed by atoms with Crippen molar-refractivity contribution in [2.75, 3.05) is 18.4 Å². The molecule has 0 spiro atoms. The van der Waals surface area contributed by atoms with Crippen LogP contribution in [0.4, 0.5) is 15.3 Å². The zero-order valence-electron chi connectivity index (χ0n) is 14.2. The molecule has 1 unspecified atom stereocenters. The van der Waals surface area contributed by atoms with E-state index < -0.39 is 11.7 Å². The van der Waals surface area contributed by atoms with Crippen molar-refractivity contribution in [2.45, 2.75) is 45.3 Å². The molecule has 132 valence electrons. The zero-order chi connectivity index (χ0) is 17.7. The summed E-state index contributed by atoms with van der Waals surface area (Å²) in [5, 5.41) is 3.24. The second-order valence-electron chi connectivity index (χ2n) is 6.73. The molecule has 6 nitrogen and oxygen atoms in total. The number of hydrogen-bond acceptors (Lipinski definition) is 4. The van der Waals surface area contributed by atoms with Crippen LogP contribution in [0.25, 0.3) is 0 Å². The average Bonchev–Trinajstić information content (AvgIpc) is 2.48. The number of rotatable bonds is 2. The Morgan fingerprint density at radius 1 is 1.25 bits per heavy atom. The van der Waals surface area contributed by atoms with Crippen LogP contribution in [0.2, 0.25) is 5.02 Å². The molecular formula is C17H23ClN2O4. The quantitative estimate of drug-likeness (QED) is 0.860. The number of carbonyl (C=O) groups is 2. The van der Waals surface area contributed by atoms with Gasteiger partial charge in [-0.15, -0.1) is 0 Å². The van der Waals surface area contributed by atoms with Gasteiger partial charge in [0, 0.05) is 17.3 Å². The van der Waals surface area contributed by atoms with Crippen LogP contribution in [-0.2, 0) is 9.47 Å². The van der Waals surface area contributed by atoms with E-state index in [1.807, 2.05) is 20.8 Å².